The molecule has 0 N–H and O–H groups in total. The van der Waals surface area contributed by atoms with Crippen molar-refractivity contribution >= 4 is 22.9 Å². The molecule has 1 aliphatic rings. The molecule has 0 aliphatic heterocycles. The van der Waals surface area contributed by atoms with E-state index in [1.54, 1.807) is 18.0 Å². The second kappa shape index (κ2) is 7.38. The molecule has 3 rings (SSSR count). The number of para-hydroxylation sites is 2. The van der Waals surface area contributed by atoms with Crippen molar-refractivity contribution < 1.29 is 14.3 Å². The van der Waals surface area contributed by atoms with Gasteiger partial charge in [0.05, 0.1) is 17.2 Å². The average Bonchev–Trinajstić information content (AvgIpc) is 2.65. The normalized spacial score (nSPS) is 15.2. The zero-order valence-corrected chi connectivity index (χ0v) is 13.8. The number of aromatic nitrogens is 2. The van der Waals surface area contributed by atoms with Crippen LogP contribution in [0.15, 0.2) is 30.5 Å². The first-order valence-corrected chi connectivity index (χ1v) is 8.30. The van der Waals surface area contributed by atoms with Crippen LogP contribution in [0.4, 0.5) is 0 Å². The van der Waals surface area contributed by atoms with Crippen molar-refractivity contribution in [3.05, 3.63) is 36.2 Å². The average molecular weight is 327 g/mol. The summed E-state index contributed by atoms with van der Waals surface area (Å²) in [7, 11) is 1.78. The molecule has 1 saturated carbocycles. The molecule has 24 heavy (non-hydrogen) atoms. The van der Waals surface area contributed by atoms with Crippen molar-refractivity contribution in [1.82, 2.24) is 14.9 Å². The Hall–Kier alpha value is -2.50. The Balaban J connectivity index is 1.58. The predicted octanol–water partition coefficient (Wildman–Crippen LogP) is 2.58. The molecule has 0 atom stereocenters. The molecule has 1 aromatic heterocycles. The Morgan fingerprint density at radius 1 is 1.17 bits per heavy atom. The van der Waals surface area contributed by atoms with Gasteiger partial charge in [0, 0.05) is 13.1 Å². The molecule has 0 spiro atoms. The first-order chi connectivity index (χ1) is 11.6. The number of nitrogens with zero attached hydrogens (tertiary/aromatic N) is 3. The molecular formula is C18H21N3O3. The second-order valence-corrected chi connectivity index (χ2v) is 6.12. The smallest absolute Gasteiger partial charge is 0.359 e. The summed E-state index contributed by atoms with van der Waals surface area (Å²) in [5, 5.41) is 0. The number of ether oxygens (including phenoxy) is 1. The van der Waals surface area contributed by atoms with Gasteiger partial charge < -0.3 is 9.64 Å². The Morgan fingerprint density at radius 2 is 1.88 bits per heavy atom. The topological polar surface area (TPSA) is 72.4 Å². The maximum Gasteiger partial charge on any atom is 0.359 e. The van der Waals surface area contributed by atoms with E-state index in [0.29, 0.717) is 11.0 Å². The maximum atomic E-state index is 12.2. The van der Waals surface area contributed by atoms with Crippen LogP contribution in [0.25, 0.3) is 11.0 Å². The molecule has 0 bridgehead atoms. The Kier molecular flexibility index (Phi) is 5.03. The summed E-state index contributed by atoms with van der Waals surface area (Å²) < 4.78 is 5.12. The third-order valence-electron chi connectivity index (χ3n) is 4.50. The number of esters is 1. The molecule has 0 radical (unpaired) electrons. The highest BCUT2D eigenvalue weighted by Crippen LogP contribution is 2.21. The van der Waals surface area contributed by atoms with Gasteiger partial charge in [0.2, 0.25) is 0 Å². The largest absolute Gasteiger partial charge is 0.451 e. The van der Waals surface area contributed by atoms with Crippen LogP contribution in [0.1, 0.15) is 42.6 Å². The number of likely N-dealkylation sites (N-methyl/N-ethyl adjacent to an activating group) is 1. The van der Waals surface area contributed by atoms with Gasteiger partial charge in [-0.15, -0.1) is 0 Å². The molecule has 0 unspecified atom stereocenters. The highest BCUT2D eigenvalue weighted by atomic mass is 16.5. The van der Waals surface area contributed by atoms with Crippen molar-refractivity contribution in [3.8, 4) is 0 Å². The van der Waals surface area contributed by atoms with E-state index in [9.17, 15) is 9.59 Å². The Labute approximate surface area is 140 Å². The van der Waals surface area contributed by atoms with Crippen molar-refractivity contribution in [2.75, 3.05) is 13.7 Å². The fraction of sp³-hybridized carbons (Fsp3) is 0.444. The van der Waals surface area contributed by atoms with E-state index in [0.717, 1.165) is 25.7 Å². The lowest BCUT2D eigenvalue weighted by Crippen LogP contribution is -2.40. The summed E-state index contributed by atoms with van der Waals surface area (Å²) in [4.78, 5) is 34.4. The van der Waals surface area contributed by atoms with E-state index in [1.807, 2.05) is 18.2 Å². The minimum atomic E-state index is -0.626. The molecule has 1 fully saturated rings. The SMILES string of the molecule is CN(C(=O)COC(=O)c1cnc2ccccc2n1)C1CCCCC1. The van der Waals surface area contributed by atoms with Crippen molar-refractivity contribution in [1.29, 1.82) is 0 Å². The summed E-state index contributed by atoms with van der Waals surface area (Å²) in [6.07, 6.45) is 6.94. The lowest BCUT2D eigenvalue weighted by molar-refractivity contribution is -0.135. The number of hydrogen-bond acceptors (Lipinski definition) is 5. The van der Waals surface area contributed by atoms with E-state index in [4.69, 9.17) is 4.74 Å². The van der Waals surface area contributed by atoms with Crippen LogP contribution in [0, 0.1) is 0 Å². The molecule has 1 amide bonds. The maximum absolute atomic E-state index is 12.2. The third kappa shape index (κ3) is 3.69. The Morgan fingerprint density at radius 3 is 2.62 bits per heavy atom. The number of fused-ring (bicyclic) bond motifs is 1. The summed E-state index contributed by atoms with van der Waals surface area (Å²) in [5.74, 6) is -0.803. The first kappa shape index (κ1) is 16.4. The number of rotatable bonds is 4. The number of carbonyl (C=O) groups excluding carboxylic acids is 2. The lowest BCUT2D eigenvalue weighted by Gasteiger charge is -2.31. The number of amides is 1. The van der Waals surface area contributed by atoms with Crippen molar-refractivity contribution in [2.45, 2.75) is 38.1 Å². The molecule has 6 heteroatoms. The van der Waals surface area contributed by atoms with Gasteiger partial charge in [-0.3, -0.25) is 9.78 Å². The van der Waals surface area contributed by atoms with Crippen LogP contribution in [0.3, 0.4) is 0 Å². The van der Waals surface area contributed by atoms with Gasteiger partial charge in [0.25, 0.3) is 5.91 Å². The summed E-state index contributed by atoms with van der Waals surface area (Å²) in [5.41, 5.74) is 1.45. The molecule has 126 valence electrons. The summed E-state index contributed by atoms with van der Waals surface area (Å²) in [6.45, 7) is -0.264. The molecule has 0 saturated heterocycles. The highest BCUT2D eigenvalue weighted by Gasteiger charge is 2.23. The van der Waals surface area contributed by atoms with Crippen molar-refractivity contribution in [3.63, 3.8) is 0 Å². The van der Waals surface area contributed by atoms with E-state index < -0.39 is 5.97 Å². The molecule has 1 aliphatic carbocycles. The van der Waals surface area contributed by atoms with E-state index in [-0.39, 0.29) is 24.2 Å². The van der Waals surface area contributed by atoms with Gasteiger partial charge in [-0.1, -0.05) is 31.4 Å². The number of benzene rings is 1. The summed E-state index contributed by atoms with van der Waals surface area (Å²) >= 11 is 0. The molecule has 2 aromatic rings. The predicted molar refractivity (Wildman–Crippen MR) is 89.5 cm³/mol. The van der Waals surface area contributed by atoms with Crippen LogP contribution in [-0.2, 0) is 9.53 Å². The fourth-order valence-electron chi connectivity index (χ4n) is 3.03. The van der Waals surface area contributed by atoms with Crippen LogP contribution >= 0.6 is 0 Å². The first-order valence-electron chi connectivity index (χ1n) is 8.30. The molecular weight excluding hydrogens is 306 g/mol. The molecule has 1 aromatic carbocycles. The lowest BCUT2D eigenvalue weighted by atomic mass is 9.94. The van der Waals surface area contributed by atoms with Gasteiger partial charge in [-0.25, -0.2) is 9.78 Å². The van der Waals surface area contributed by atoms with Crippen LogP contribution in [0.5, 0.6) is 0 Å². The van der Waals surface area contributed by atoms with Crippen LogP contribution in [-0.4, -0.2) is 46.4 Å². The fourth-order valence-corrected chi connectivity index (χ4v) is 3.03. The van der Waals surface area contributed by atoms with Gasteiger partial charge in [0.15, 0.2) is 12.3 Å². The van der Waals surface area contributed by atoms with Gasteiger partial charge in [-0.05, 0) is 25.0 Å². The monoisotopic (exact) mass is 327 g/mol. The zero-order chi connectivity index (χ0) is 16.9. The number of hydrogen-bond donors (Lipinski definition) is 0. The Bertz CT molecular complexity index is 741. The minimum absolute atomic E-state index is 0.113. The van der Waals surface area contributed by atoms with E-state index >= 15 is 0 Å². The van der Waals surface area contributed by atoms with Crippen molar-refractivity contribution in [2.24, 2.45) is 0 Å². The highest BCUT2D eigenvalue weighted by molar-refractivity contribution is 5.91. The molecule has 1 heterocycles. The second-order valence-electron chi connectivity index (χ2n) is 6.12. The van der Waals surface area contributed by atoms with Crippen LogP contribution in [0.2, 0.25) is 0 Å². The zero-order valence-electron chi connectivity index (χ0n) is 13.8. The third-order valence-corrected chi connectivity index (χ3v) is 4.50. The van der Waals surface area contributed by atoms with E-state index in [2.05, 4.69) is 9.97 Å². The standard InChI is InChI=1S/C18H21N3O3/c1-21(13-7-3-2-4-8-13)17(22)12-24-18(23)16-11-19-14-9-5-6-10-15(14)20-16/h5-6,9-11,13H,2-4,7-8,12H2,1H3. The van der Waals surface area contributed by atoms with Gasteiger partial charge in [0.1, 0.15) is 0 Å². The van der Waals surface area contributed by atoms with E-state index in [1.165, 1.54) is 12.6 Å². The quantitative estimate of drug-likeness (QED) is 0.807. The van der Waals surface area contributed by atoms with Gasteiger partial charge in [-0.2, -0.15) is 0 Å². The van der Waals surface area contributed by atoms with Crippen LogP contribution < -0.4 is 0 Å². The number of carbonyl (C=O) groups is 2. The molecule has 6 nitrogen and oxygen atoms in total. The minimum Gasteiger partial charge on any atom is -0.451 e. The summed E-state index contributed by atoms with van der Waals surface area (Å²) in [6, 6.07) is 7.54. The van der Waals surface area contributed by atoms with Gasteiger partial charge >= 0.3 is 5.97 Å².